The monoisotopic (exact) mass is 439 g/mol. The summed E-state index contributed by atoms with van der Waals surface area (Å²) in [5.41, 5.74) is 9.08. The number of furan rings is 1. The number of aryl methyl sites for hydroxylation is 2. The van der Waals surface area contributed by atoms with Crippen LogP contribution >= 0.6 is 0 Å². The molecule has 33 heavy (non-hydrogen) atoms. The fourth-order valence-electron chi connectivity index (χ4n) is 5.17. The van der Waals surface area contributed by atoms with Crippen molar-refractivity contribution in [1.82, 2.24) is 9.99 Å². The molecule has 0 amide bonds. The molecule has 0 saturated heterocycles. The Morgan fingerprint density at radius 3 is 2.21 bits per heavy atom. The van der Waals surface area contributed by atoms with Crippen LogP contribution < -0.4 is 5.01 Å². The van der Waals surface area contributed by atoms with Crippen molar-refractivity contribution in [3.8, 4) is 0 Å². The van der Waals surface area contributed by atoms with Crippen molar-refractivity contribution in [2.45, 2.75) is 59.4 Å². The zero-order valence-corrected chi connectivity index (χ0v) is 20.7. The number of pyridine rings is 1. The molecule has 3 heterocycles. The Hall–Kier alpha value is -3.11. The lowest BCUT2D eigenvalue weighted by molar-refractivity contribution is 0.307. The second kappa shape index (κ2) is 8.03. The lowest BCUT2D eigenvalue weighted by atomic mass is 9.85. The van der Waals surface area contributed by atoms with Gasteiger partial charge >= 0.3 is 0 Å². The molecule has 1 atom stereocenters. The van der Waals surface area contributed by atoms with Gasteiger partial charge in [-0.25, -0.2) is 9.99 Å². The van der Waals surface area contributed by atoms with Gasteiger partial charge in [0.1, 0.15) is 5.69 Å². The molecule has 170 valence electrons. The number of rotatable bonds is 4. The molecule has 5 rings (SSSR count). The Morgan fingerprint density at radius 2 is 1.55 bits per heavy atom. The molecule has 1 unspecified atom stereocenters. The van der Waals surface area contributed by atoms with E-state index in [9.17, 15) is 0 Å². The van der Waals surface area contributed by atoms with Crippen LogP contribution in [0.4, 0.5) is 5.69 Å². The van der Waals surface area contributed by atoms with Crippen molar-refractivity contribution >= 4 is 27.8 Å². The second-order valence-corrected chi connectivity index (χ2v) is 9.88. The molecule has 4 heteroatoms. The molecule has 0 spiro atoms. The summed E-state index contributed by atoms with van der Waals surface area (Å²) in [6.07, 6.45) is 4.51. The highest BCUT2D eigenvalue weighted by atomic mass is 16.3. The summed E-state index contributed by atoms with van der Waals surface area (Å²) < 4.78 is 6.36. The standard InChI is InChI=1S/C29H33N3O/c1-17(2)21-9-8-10-22(18(3)4)26(21)25-15-16-32(31(25)7)27-19(5)11-13-23-24-14-12-20(6)30-29(24)33-28(23)27/h8-18,25H,1-7H3. The summed E-state index contributed by atoms with van der Waals surface area (Å²) in [4.78, 5) is 4.64. The molecule has 0 aliphatic carbocycles. The Balaban J connectivity index is 1.65. The van der Waals surface area contributed by atoms with Crippen LogP contribution in [-0.2, 0) is 0 Å². The third-order valence-corrected chi connectivity index (χ3v) is 6.92. The summed E-state index contributed by atoms with van der Waals surface area (Å²) in [5, 5.41) is 6.75. The number of benzene rings is 2. The number of nitrogens with zero attached hydrogens (tertiary/aromatic N) is 3. The quantitative estimate of drug-likeness (QED) is 0.325. The second-order valence-electron chi connectivity index (χ2n) is 9.88. The molecular weight excluding hydrogens is 406 g/mol. The van der Waals surface area contributed by atoms with Gasteiger partial charge < -0.3 is 4.42 Å². The molecule has 0 N–H and O–H groups in total. The van der Waals surface area contributed by atoms with Crippen molar-refractivity contribution in [2.75, 3.05) is 12.1 Å². The van der Waals surface area contributed by atoms with Crippen LogP contribution in [0.15, 0.2) is 59.2 Å². The van der Waals surface area contributed by atoms with Crippen LogP contribution in [0.5, 0.6) is 0 Å². The minimum atomic E-state index is 0.167. The average molecular weight is 440 g/mol. The van der Waals surface area contributed by atoms with Crippen molar-refractivity contribution < 1.29 is 4.42 Å². The topological polar surface area (TPSA) is 32.5 Å². The van der Waals surface area contributed by atoms with Gasteiger partial charge in [-0.15, -0.1) is 0 Å². The van der Waals surface area contributed by atoms with Gasteiger partial charge in [0, 0.05) is 29.7 Å². The number of fused-ring (bicyclic) bond motifs is 3. The van der Waals surface area contributed by atoms with Crippen LogP contribution in [-0.4, -0.2) is 17.0 Å². The Labute approximate surface area is 196 Å². The smallest absolute Gasteiger partial charge is 0.227 e. The number of aromatic nitrogens is 1. The molecule has 0 saturated carbocycles. The molecule has 0 fully saturated rings. The van der Waals surface area contributed by atoms with Gasteiger partial charge in [0.05, 0.1) is 6.04 Å². The first-order valence-corrected chi connectivity index (χ1v) is 11.9. The Morgan fingerprint density at radius 1 is 0.879 bits per heavy atom. The molecule has 4 aromatic rings. The zero-order valence-electron chi connectivity index (χ0n) is 20.7. The van der Waals surface area contributed by atoms with E-state index in [0.717, 1.165) is 27.7 Å². The van der Waals surface area contributed by atoms with E-state index in [4.69, 9.17) is 4.42 Å². The maximum atomic E-state index is 6.36. The fraction of sp³-hybridized carbons (Fsp3) is 0.345. The molecule has 1 aliphatic heterocycles. The molecule has 2 aromatic heterocycles. The Kier molecular flexibility index (Phi) is 5.29. The van der Waals surface area contributed by atoms with Crippen LogP contribution in [0.2, 0.25) is 0 Å². The maximum Gasteiger partial charge on any atom is 0.227 e. The summed E-state index contributed by atoms with van der Waals surface area (Å²) in [6.45, 7) is 13.3. The molecule has 0 radical (unpaired) electrons. The predicted molar refractivity (Wildman–Crippen MR) is 138 cm³/mol. The van der Waals surface area contributed by atoms with Gasteiger partial charge in [0.15, 0.2) is 5.58 Å². The molecule has 4 nitrogen and oxygen atoms in total. The number of hydrazine groups is 1. The van der Waals surface area contributed by atoms with E-state index in [-0.39, 0.29) is 6.04 Å². The minimum absolute atomic E-state index is 0.167. The van der Waals surface area contributed by atoms with Gasteiger partial charge in [-0.3, -0.25) is 5.01 Å². The lowest BCUT2D eigenvalue weighted by Gasteiger charge is -2.34. The molecule has 0 bridgehead atoms. The van der Waals surface area contributed by atoms with Crippen molar-refractivity contribution in [3.63, 3.8) is 0 Å². The van der Waals surface area contributed by atoms with E-state index in [1.54, 1.807) is 0 Å². The highest BCUT2D eigenvalue weighted by Crippen LogP contribution is 2.43. The third kappa shape index (κ3) is 3.44. The number of likely N-dealkylation sites (N-methyl/N-ethyl adjacent to an activating group) is 1. The highest BCUT2D eigenvalue weighted by Gasteiger charge is 2.32. The summed E-state index contributed by atoms with van der Waals surface area (Å²) >= 11 is 0. The van der Waals surface area contributed by atoms with Gasteiger partial charge in [-0.05, 0) is 66.1 Å². The average Bonchev–Trinajstić information content (AvgIpc) is 3.32. The maximum absolute atomic E-state index is 6.36. The first-order valence-electron chi connectivity index (χ1n) is 11.9. The van der Waals surface area contributed by atoms with E-state index in [0.29, 0.717) is 17.5 Å². The largest absolute Gasteiger partial charge is 0.435 e. The number of anilines is 1. The van der Waals surface area contributed by atoms with Gasteiger partial charge in [0.25, 0.3) is 0 Å². The van der Waals surface area contributed by atoms with Crippen LogP contribution in [0.25, 0.3) is 22.1 Å². The molecule has 1 aliphatic rings. The fourth-order valence-corrected chi connectivity index (χ4v) is 5.17. The van der Waals surface area contributed by atoms with Crippen LogP contribution in [0.1, 0.15) is 73.5 Å². The van der Waals surface area contributed by atoms with Crippen molar-refractivity contribution in [2.24, 2.45) is 0 Å². The van der Waals surface area contributed by atoms with Crippen LogP contribution in [0.3, 0.4) is 0 Å². The zero-order chi connectivity index (χ0) is 23.4. The number of hydrogen-bond donors (Lipinski definition) is 0. The molecule has 2 aromatic carbocycles. The van der Waals surface area contributed by atoms with Gasteiger partial charge in [-0.2, -0.15) is 0 Å². The lowest BCUT2D eigenvalue weighted by Crippen LogP contribution is -2.35. The minimum Gasteiger partial charge on any atom is -0.435 e. The van der Waals surface area contributed by atoms with E-state index in [1.807, 2.05) is 13.0 Å². The highest BCUT2D eigenvalue weighted by molar-refractivity contribution is 6.08. The van der Waals surface area contributed by atoms with Gasteiger partial charge in [-0.1, -0.05) is 58.0 Å². The first-order chi connectivity index (χ1) is 15.8. The summed E-state index contributed by atoms with van der Waals surface area (Å²) in [7, 11) is 2.18. The Bertz CT molecular complexity index is 1350. The molecular formula is C29H33N3O. The van der Waals surface area contributed by atoms with Crippen molar-refractivity contribution in [3.05, 3.63) is 82.7 Å². The van der Waals surface area contributed by atoms with Crippen molar-refractivity contribution in [1.29, 1.82) is 0 Å². The number of hydrogen-bond acceptors (Lipinski definition) is 4. The van der Waals surface area contributed by atoms with E-state index in [2.05, 4.69) is 105 Å². The van der Waals surface area contributed by atoms with E-state index < -0.39 is 0 Å². The first kappa shape index (κ1) is 21.7. The van der Waals surface area contributed by atoms with Crippen LogP contribution in [0, 0.1) is 13.8 Å². The van der Waals surface area contributed by atoms with E-state index >= 15 is 0 Å². The summed E-state index contributed by atoms with van der Waals surface area (Å²) in [5.74, 6) is 0.925. The van der Waals surface area contributed by atoms with E-state index in [1.165, 1.54) is 22.3 Å². The predicted octanol–water partition coefficient (Wildman–Crippen LogP) is 7.77. The normalized spacial score (nSPS) is 16.9. The third-order valence-electron chi connectivity index (χ3n) is 6.92. The summed E-state index contributed by atoms with van der Waals surface area (Å²) in [6, 6.07) is 15.4. The van der Waals surface area contributed by atoms with Gasteiger partial charge in [0.2, 0.25) is 5.71 Å². The SMILES string of the molecule is Cc1ccc2c(n1)oc1c(N3C=CC(c4c(C(C)C)cccc4C(C)C)N3C)c(C)ccc12.